The SMILES string of the molecule is Nc1c(N2CCCCC2CCO)c(=O)c1=O. The average Bonchev–Trinajstić information content (AvgIpc) is 2.31. The van der Waals surface area contributed by atoms with Gasteiger partial charge in [-0.1, -0.05) is 0 Å². The molecular formula is C11H16N2O3. The van der Waals surface area contributed by atoms with E-state index < -0.39 is 10.9 Å². The normalized spacial score (nSPS) is 21.6. The molecule has 3 N–H and O–H groups in total. The van der Waals surface area contributed by atoms with Gasteiger partial charge in [-0.25, -0.2) is 0 Å². The van der Waals surface area contributed by atoms with Gasteiger partial charge in [-0.3, -0.25) is 9.59 Å². The molecule has 0 spiro atoms. The van der Waals surface area contributed by atoms with Crippen LogP contribution >= 0.6 is 0 Å². The van der Waals surface area contributed by atoms with Gasteiger partial charge in [0.15, 0.2) is 0 Å². The zero-order valence-electron chi connectivity index (χ0n) is 9.11. The van der Waals surface area contributed by atoms with Crippen LogP contribution in [-0.4, -0.2) is 24.3 Å². The predicted octanol–water partition coefficient (Wildman–Crippen LogP) is -0.394. The Hall–Kier alpha value is -1.36. The summed E-state index contributed by atoms with van der Waals surface area (Å²) in [6, 6.07) is 0.143. The summed E-state index contributed by atoms with van der Waals surface area (Å²) < 4.78 is 0. The van der Waals surface area contributed by atoms with Crippen molar-refractivity contribution in [2.24, 2.45) is 0 Å². The van der Waals surface area contributed by atoms with Crippen molar-refractivity contribution in [2.45, 2.75) is 31.7 Å². The number of nitrogens with zero attached hydrogens (tertiary/aromatic N) is 1. The van der Waals surface area contributed by atoms with Crippen LogP contribution in [0.15, 0.2) is 9.59 Å². The molecule has 0 bridgehead atoms. The zero-order valence-corrected chi connectivity index (χ0v) is 9.11. The van der Waals surface area contributed by atoms with Crippen LogP contribution in [0.4, 0.5) is 11.4 Å². The molecule has 1 heterocycles. The molecule has 88 valence electrons. The van der Waals surface area contributed by atoms with Crippen molar-refractivity contribution in [3.05, 3.63) is 20.4 Å². The van der Waals surface area contributed by atoms with Gasteiger partial charge >= 0.3 is 0 Å². The molecule has 1 aliphatic heterocycles. The minimum atomic E-state index is -0.566. The van der Waals surface area contributed by atoms with E-state index in [-0.39, 0.29) is 18.3 Å². The number of piperidine rings is 1. The molecule has 5 heteroatoms. The Kier molecular flexibility index (Phi) is 2.96. The molecule has 0 radical (unpaired) electrons. The van der Waals surface area contributed by atoms with Crippen LogP contribution in [0.5, 0.6) is 0 Å². The Morgan fingerprint density at radius 2 is 2.06 bits per heavy atom. The van der Waals surface area contributed by atoms with E-state index in [0.29, 0.717) is 12.1 Å². The second-order valence-electron chi connectivity index (χ2n) is 4.28. The minimum absolute atomic E-state index is 0.0924. The second-order valence-corrected chi connectivity index (χ2v) is 4.28. The van der Waals surface area contributed by atoms with Crippen LogP contribution in [0.1, 0.15) is 25.7 Å². The molecule has 0 aliphatic carbocycles. The summed E-state index contributed by atoms with van der Waals surface area (Å²) >= 11 is 0. The molecule has 1 aliphatic rings. The molecule has 2 rings (SSSR count). The van der Waals surface area contributed by atoms with Gasteiger partial charge in [0.05, 0.1) is 0 Å². The van der Waals surface area contributed by atoms with Crippen molar-refractivity contribution in [2.75, 3.05) is 23.8 Å². The summed E-state index contributed by atoms with van der Waals surface area (Å²) in [6.45, 7) is 0.843. The van der Waals surface area contributed by atoms with Gasteiger partial charge < -0.3 is 15.7 Å². The third-order valence-electron chi connectivity index (χ3n) is 3.30. The second kappa shape index (κ2) is 4.25. The summed E-state index contributed by atoms with van der Waals surface area (Å²) in [5.74, 6) is 0. The number of hydrogen-bond donors (Lipinski definition) is 2. The minimum Gasteiger partial charge on any atom is -0.396 e. The van der Waals surface area contributed by atoms with Crippen molar-refractivity contribution in [3.63, 3.8) is 0 Å². The molecule has 1 atom stereocenters. The maximum atomic E-state index is 11.4. The first-order valence-corrected chi connectivity index (χ1v) is 5.63. The Balaban J connectivity index is 2.24. The zero-order chi connectivity index (χ0) is 11.7. The Bertz CT molecular complexity index is 446. The van der Waals surface area contributed by atoms with Gasteiger partial charge in [-0.05, 0) is 25.7 Å². The van der Waals surface area contributed by atoms with Crippen molar-refractivity contribution in [1.29, 1.82) is 0 Å². The number of nitrogens with two attached hydrogens (primary N) is 1. The van der Waals surface area contributed by atoms with Crippen molar-refractivity contribution >= 4 is 11.4 Å². The van der Waals surface area contributed by atoms with Crippen LogP contribution in [0.25, 0.3) is 0 Å². The quantitative estimate of drug-likeness (QED) is 0.683. The number of rotatable bonds is 3. The largest absolute Gasteiger partial charge is 0.396 e. The number of nitrogen functional groups attached to an aromatic ring is 1. The third-order valence-corrected chi connectivity index (χ3v) is 3.30. The smallest absolute Gasteiger partial charge is 0.253 e. The van der Waals surface area contributed by atoms with E-state index in [9.17, 15) is 9.59 Å². The lowest BCUT2D eigenvalue weighted by atomic mass is 9.97. The summed E-state index contributed by atoms with van der Waals surface area (Å²) in [7, 11) is 0. The maximum absolute atomic E-state index is 11.4. The van der Waals surface area contributed by atoms with E-state index in [0.717, 1.165) is 25.8 Å². The first kappa shape index (κ1) is 11.1. The van der Waals surface area contributed by atoms with Crippen LogP contribution in [0.2, 0.25) is 0 Å². The van der Waals surface area contributed by atoms with E-state index in [1.165, 1.54) is 0 Å². The van der Waals surface area contributed by atoms with Gasteiger partial charge in [0.25, 0.3) is 10.9 Å². The monoisotopic (exact) mass is 224 g/mol. The number of aliphatic hydroxyl groups excluding tert-OH is 1. The lowest BCUT2D eigenvalue weighted by Gasteiger charge is -2.38. The van der Waals surface area contributed by atoms with E-state index in [2.05, 4.69) is 0 Å². The average molecular weight is 224 g/mol. The van der Waals surface area contributed by atoms with Crippen molar-refractivity contribution < 1.29 is 5.11 Å². The van der Waals surface area contributed by atoms with Gasteiger partial charge in [0.1, 0.15) is 11.4 Å². The van der Waals surface area contributed by atoms with Crippen molar-refractivity contribution in [1.82, 2.24) is 0 Å². The highest BCUT2D eigenvalue weighted by atomic mass is 16.3. The van der Waals surface area contributed by atoms with E-state index in [1.807, 2.05) is 4.90 Å². The van der Waals surface area contributed by atoms with Gasteiger partial charge in [0, 0.05) is 19.2 Å². The van der Waals surface area contributed by atoms with Gasteiger partial charge in [-0.15, -0.1) is 0 Å². The van der Waals surface area contributed by atoms with E-state index >= 15 is 0 Å². The van der Waals surface area contributed by atoms with Crippen LogP contribution in [-0.2, 0) is 0 Å². The van der Waals surface area contributed by atoms with Gasteiger partial charge in [0.2, 0.25) is 0 Å². The summed E-state index contributed by atoms with van der Waals surface area (Å²) in [6.07, 6.45) is 3.66. The van der Waals surface area contributed by atoms with Crippen LogP contribution < -0.4 is 21.5 Å². The van der Waals surface area contributed by atoms with E-state index in [1.54, 1.807) is 0 Å². The fourth-order valence-electron chi connectivity index (χ4n) is 2.43. The highest BCUT2D eigenvalue weighted by Gasteiger charge is 2.30. The first-order chi connectivity index (χ1) is 7.66. The molecular weight excluding hydrogens is 208 g/mol. The third kappa shape index (κ3) is 1.61. The standard InChI is InChI=1S/C11H16N2O3/c12-8-9(11(16)10(8)15)13-5-2-1-3-7(13)4-6-14/h7,14H,1-6,12H2. The Morgan fingerprint density at radius 3 is 2.69 bits per heavy atom. The van der Waals surface area contributed by atoms with Gasteiger partial charge in [-0.2, -0.15) is 0 Å². The summed E-state index contributed by atoms with van der Waals surface area (Å²) in [4.78, 5) is 24.4. The molecule has 0 aromatic heterocycles. The molecule has 0 saturated carbocycles. The summed E-state index contributed by atoms with van der Waals surface area (Å²) in [5.41, 5.74) is 4.98. The summed E-state index contributed by atoms with van der Waals surface area (Å²) in [5, 5.41) is 8.97. The topological polar surface area (TPSA) is 83.6 Å². The molecule has 0 amide bonds. The first-order valence-electron chi connectivity index (χ1n) is 5.63. The molecule has 1 unspecified atom stereocenters. The van der Waals surface area contributed by atoms with Crippen LogP contribution in [0.3, 0.4) is 0 Å². The lowest BCUT2D eigenvalue weighted by Crippen LogP contribution is -2.49. The van der Waals surface area contributed by atoms with E-state index in [4.69, 9.17) is 10.8 Å². The molecule has 1 aromatic rings. The number of hydrogen-bond acceptors (Lipinski definition) is 5. The fraction of sp³-hybridized carbons (Fsp3) is 0.636. The number of aliphatic hydroxyl groups is 1. The Morgan fingerprint density at radius 1 is 1.31 bits per heavy atom. The maximum Gasteiger partial charge on any atom is 0.253 e. The fourth-order valence-corrected chi connectivity index (χ4v) is 2.43. The molecule has 5 nitrogen and oxygen atoms in total. The number of anilines is 2. The molecule has 16 heavy (non-hydrogen) atoms. The molecule has 1 saturated heterocycles. The molecule has 1 aromatic carbocycles. The Labute approximate surface area is 93.2 Å². The highest BCUT2D eigenvalue weighted by molar-refractivity contribution is 5.73. The van der Waals surface area contributed by atoms with Crippen molar-refractivity contribution in [3.8, 4) is 0 Å². The molecule has 1 fully saturated rings. The lowest BCUT2D eigenvalue weighted by molar-refractivity contribution is 0.262. The van der Waals surface area contributed by atoms with Crippen LogP contribution in [0, 0.1) is 0 Å². The highest BCUT2D eigenvalue weighted by Crippen LogP contribution is 2.27. The predicted molar refractivity (Wildman–Crippen MR) is 62.5 cm³/mol.